The molecule has 1 fully saturated rings. The SMILES string of the molecule is CCNC(=NCC1(c2ccccc2)CC1)NCCn1cccc1. The Hall–Kier alpha value is -2.23. The van der Waals surface area contributed by atoms with Gasteiger partial charge in [0.1, 0.15) is 0 Å². The maximum atomic E-state index is 4.83. The van der Waals surface area contributed by atoms with Crippen LogP contribution in [-0.4, -0.2) is 30.2 Å². The van der Waals surface area contributed by atoms with Crippen molar-refractivity contribution >= 4 is 5.96 Å². The zero-order valence-electron chi connectivity index (χ0n) is 13.8. The van der Waals surface area contributed by atoms with E-state index in [1.54, 1.807) is 0 Å². The van der Waals surface area contributed by atoms with Crippen LogP contribution in [-0.2, 0) is 12.0 Å². The molecule has 1 saturated carbocycles. The van der Waals surface area contributed by atoms with E-state index in [0.29, 0.717) is 0 Å². The average molecular weight is 310 g/mol. The Kier molecular flexibility index (Phi) is 5.01. The summed E-state index contributed by atoms with van der Waals surface area (Å²) in [6.45, 7) is 5.66. The van der Waals surface area contributed by atoms with Crippen molar-refractivity contribution in [2.75, 3.05) is 19.6 Å². The number of aromatic nitrogens is 1. The highest BCUT2D eigenvalue weighted by Gasteiger charge is 2.43. The third-order valence-corrected chi connectivity index (χ3v) is 4.45. The summed E-state index contributed by atoms with van der Waals surface area (Å²) in [5.41, 5.74) is 1.69. The molecular weight excluding hydrogens is 284 g/mol. The van der Waals surface area contributed by atoms with Gasteiger partial charge in [-0.15, -0.1) is 0 Å². The molecule has 1 aliphatic rings. The summed E-state index contributed by atoms with van der Waals surface area (Å²) in [5, 5.41) is 6.77. The fraction of sp³-hybridized carbons (Fsp3) is 0.421. The monoisotopic (exact) mass is 310 g/mol. The van der Waals surface area contributed by atoms with Crippen molar-refractivity contribution in [3.05, 3.63) is 60.4 Å². The Morgan fingerprint density at radius 1 is 1.09 bits per heavy atom. The number of nitrogens with one attached hydrogen (secondary N) is 2. The van der Waals surface area contributed by atoms with Gasteiger partial charge in [-0.05, 0) is 37.5 Å². The molecule has 0 saturated heterocycles. The largest absolute Gasteiger partial charge is 0.357 e. The minimum absolute atomic E-state index is 0.268. The fourth-order valence-electron chi connectivity index (χ4n) is 2.88. The minimum Gasteiger partial charge on any atom is -0.357 e. The third-order valence-electron chi connectivity index (χ3n) is 4.45. The van der Waals surface area contributed by atoms with Crippen molar-refractivity contribution in [2.24, 2.45) is 4.99 Å². The number of rotatable bonds is 7. The van der Waals surface area contributed by atoms with Gasteiger partial charge in [-0.2, -0.15) is 0 Å². The molecule has 0 bridgehead atoms. The second kappa shape index (κ2) is 7.36. The number of benzene rings is 1. The standard InChI is InChI=1S/C19H26N4/c1-2-20-18(21-12-15-23-13-6-7-14-23)22-16-19(10-11-19)17-8-4-3-5-9-17/h3-9,13-14H,2,10-12,15-16H2,1H3,(H2,20,21,22). The van der Waals surface area contributed by atoms with Crippen molar-refractivity contribution in [2.45, 2.75) is 31.7 Å². The molecule has 4 nitrogen and oxygen atoms in total. The predicted octanol–water partition coefficient (Wildman–Crippen LogP) is 2.78. The molecule has 0 radical (unpaired) electrons. The van der Waals surface area contributed by atoms with Crippen LogP contribution < -0.4 is 10.6 Å². The number of aliphatic imine (C=N–C) groups is 1. The normalized spacial score (nSPS) is 16.1. The van der Waals surface area contributed by atoms with E-state index in [1.807, 2.05) is 0 Å². The van der Waals surface area contributed by atoms with Gasteiger partial charge in [-0.1, -0.05) is 30.3 Å². The van der Waals surface area contributed by atoms with Crippen molar-refractivity contribution in [1.82, 2.24) is 15.2 Å². The molecule has 0 amide bonds. The summed E-state index contributed by atoms with van der Waals surface area (Å²) in [6, 6.07) is 14.9. The van der Waals surface area contributed by atoms with Crippen LogP contribution in [0.2, 0.25) is 0 Å². The summed E-state index contributed by atoms with van der Waals surface area (Å²) < 4.78 is 2.17. The molecular formula is C19H26N4. The van der Waals surface area contributed by atoms with E-state index >= 15 is 0 Å². The highest BCUT2D eigenvalue weighted by molar-refractivity contribution is 5.79. The first kappa shape index (κ1) is 15.7. The Morgan fingerprint density at radius 3 is 2.48 bits per heavy atom. The molecule has 0 aliphatic heterocycles. The maximum absolute atomic E-state index is 4.83. The highest BCUT2D eigenvalue weighted by Crippen LogP contribution is 2.48. The van der Waals surface area contributed by atoms with Gasteiger partial charge in [0.2, 0.25) is 0 Å². The van der Waals surface area contributed by atoms with Crippen LogP contribution in [0.25, 0.3) is 0 Å². The van der Waals surface area contributed by atoms with Crippen molar-refractivity contribution in [1.29, 1.82) is 0 Å². The topological polar surface area (TPSA) is 41.4 Å². The average Bonchev–Trinajstić information content (AvgIpc) is 3.21. The lowest BCUT2D eigenvalue weighted by Gasteiger charge is -2.16. The molecule has 1 aliphatic carbocycles. The zero-order valence-corrected chi connectivity index (χ0v) is 13.8. The predicted molar refractivity (Wildman–Crippen MR) is 95.8 cm³/mol. The van der Waals surface area contributed by atoms with Gasteiger partial charge in [-0.25, -0.2) is 0 Å². The van der Waals surface area contributed by atoms with Crippen LogP contribution in [0, 0.1) is 0 Å². The first-order chi connectivity index (χ1) is 11.3. The van der Waals surface area contributed by atoms with Crippen LogP contribution >= 0.6 is 0 Å². The van der Waals surface area contributed by atoms with E-state index in [9.17, 15) is 0 Å². The summed E-state index contributed by atoms with van der Waals surface area (Å²) >= 11 is 0. The van der Waals surface area contributed by atoms with Crippen molar-refractivity contribution in [3.8, 4) is 0 Å². The summed E-state index contributed by atoms with van der Waals surface area (Å²) in [7, 11) is 0. The van der Waals surface area contributed by atoms with Gasteiger partial charge in [-0.3, -0.25) is 4.99 Å². The third kappa shape index (κ3) is 4.15. The molecule has 0 unspecified atom stereocenters. The van der Waals surface area contributed by atoms with Gasteiger partial charge >= 0.3 is 0 Å². The summed E-state index contributed by atoms with van der Waals surface area (Å²) in [4.78, 5) is 4.83. The molecule has 3 rings (SSSR count). The molecule has 2 N–H and O–H groups in total. The van der Waals surface area contributed by atoms with E-state index < -0.39 is 0 Å². The second-order valence-corrected chi connectivity index (χ2v) is 6.19. The Morgan fingerprint density at radius 2 is 1.83 bits per heavy atom. The van der Waals surface area contributed by atoms with Gasteiger partial charge in [0, 0.05) is 37.4 Å². The molecule has 122 valence electrons. The molecule has 2 aromatic rings. The van der Waals surface area contributed by atoms with Crippen LogP contribution in [0.5, 0.6) is 0 Å². The van der Waals surface area contributed by atoms with Crippen LogP contribution in [0.15, 0.2) is 59.9 Å². The number of nitrogens with zero attached hydrogens (tertiary/aromatic N) is 2. The van der Waals surface area contributed by atoms with Crippen LogP contribution in [0.4, 0.5) is 0 Å². The van der Waals surface area contributed by atoms with E-state index in [1.165, 1.54) is 18.4 Å². The molecule has 0 atom stereocenters. The molecule has 23 heavy (non-hydrogen) atoms. The van der Waals surface area contributed by atoms with Gasteiger partial charge < -0.3 is 15.2 Å². The maximum Gasteiger partial charge on any atom is 0.191 e. The zero-order chi connectivity index (χ0) is 16.0. The van der Waals surface area contributed by atoms with E-state index in [2.05, 4.69) is 77.0 Å². The lowest BCUT2D eigenvalue weighted by Crippen LogP contribution is -2.39. The van der Waals surface area contributed by atoms with E-state index in [4.69, 9.17) is 4.99 Å². The number of guanidine groups is 1. The first-order valence-corrected chi connectivity index (χ1v) is 8.51. The molecule has 4 heteroatoms. The van der Waals surface area contributed by atoms with E-state index in [-0.39, 0.29) is 5.41 Å². The fourth-order valence-corrected chi connectivity index (χ4v) is 2.88. The highest BCUT2D eigenvalue weighted by atomic mass is 15.2. The summed E-state index contributed by atoms with van der Waals surface area (Å²) in [5.74, 6) is 0.918. The smallest absolute Gasteiger partial charge is 0.191 e. The van der Waals surface area contributed by atoms with Crippen molar-refractivity contribution in [3.63, 3.8) is 0 Å². The number of hydrogen-bond donors (Lipinski definition) is 2. The van der Waals surface area contributed by atoms with E-state index in [0.717, 1.165) is 32.1 Å². The Balaban J connectivity index is 1.56. The van der Waals surface area contributed by atoms with Gasteiger partial charge in [0.25, 0.3) is 0 Å². The first-order valence-electron chi connectivity index (χ1n) is 8.51. The Labute approximate surface area is 138 Å². The second-order valence-electron chi connectivity index (χ2n) is 6.19. The molecule has 1 aromatic heterocycles. The minimum atomic E-state index is 0.268. The molecule has 0 spiro atoms. The molecule has 1 heterocycles. The Bertz CT molecular complexity index is 612. The quantitative estimate of drug-likeness (QED) is 0.610. The summed E-state index contributed by atoms with van der Waals surface area (Å²) in [6.07, 6.45) is 6.65. The lowest BCUT2D eigenvalue weighted by molar-refractivity contribution is 0.656. The molecule has 1 aromatic carbocycles. The lowest BCUT2D eigenvalue weighted by atomic mass is 9.96. The van der Waals surface area contributed by atoms with Crippen LogP contribution in [0.1, 0.15) is 25.3 Å². The van der Waals surface area contributed by atoms with Gasteiger partial charge in [0.05, 0.1) is 6.54 Å². The van der Waals surface area contributed by atoms with Crippen molar-refractivity contribution < 1.29 is 0 Å². The van der Waals surface area contributed by atoms with Gasteiger partial charge in [0.15, 0.2) is 5.96 Å². The number of hydrogen-bond acceptors (Lipinski definition) is 1. The van der Waals surface area contributed by atoms with Crippen LogP contribution in [0.3, 0.4) is 0 Å².